The zero-order valence-corrected chi connectivity index (χ0v) is 29.3. The molecule has 1 N–H and O–H groups in total. The molecule has 0 rings (SSSR count). The highest BCUT2D eigenvalue weighted by molar-refractivity contribution is 7.85. The van der Waals surface area contributed by atoms with Gasteiger partial charge in [-0.2, -0.15) is 8.42 Å². The van der Waals surface area contributed by atoms with Crippen molar-refractivity contribution in [1.82, 2.24) is 0 Å². The summed E-state index contributed by atoms with van der Waals surface area (Å²) in [5.74, 6) is -0.304. The summed E-state index contributed by atoms with van der Waals surface area (Å²) in [6, 6.07) is 0.707. The third kappa shape index (κ3) is 33.3. The molecule has 0 unspecified atom stereocenters. The molecule has 0 aromatic rings. The lowest BCUT2D eigenvalue weighted by Gasteiger charge is -2.24. The quantitative estimate of drug-likeness (QED) is 0.0542. The van der Waals surface area contributed by atoms with Crippen LogP contribution in [-0.2, 0) is 70.8 Å². The standard InChI is InChI=1S/C27H58O16SSi/c1-31-45(32-2,33-3)27-5-7-35-9-11-37-13-15-39-17-19-41-21-23-43-25-24-42-22-20-40-18-16-38-14-12-36-10-8-34-6-4-26-44(28,29)30/h4-27H2,1-3H3,(H,28,29,30). The molecular weight excluding hydrogens is 640 g/mol. The predicted molar refractivity (Wildman–Crippen MR) is 165 cm³/mol. The number of hydrogen-bond donors (Lipinski definition) is 1. The van der Waals surface area contributed by atoms with Crippen LogP contribution in [0.1, 0.15) is 12.8 Å². The summed E-state index contributed by atoms with van der Waals surface area (Å²) in [7, 11) is -1.63. The van der Waals surface area contributed by atoms with E-state index in [2.05, 4.69) is 0 Å². The lowest BCUT2D eigenvalue weighted by molar-refractivity contribution is -0.0264. The summed E-state index contributed by atoms with van der Waals surface area (Å²) in [5, 5.41) is 0. The summed E-state index contributed by atoms with van der Waals surface area (Å²) >= 11 is 0. The van der Waals surface area contributed by atoms with Gasteiger partial charge < -0.3 is 60.6 Å². The van der Waals surface area contributed by atoms with Crippen molar-refractivity contribution >= 4 is 18.9 Å². The van der Waals surface area contributed by atoms with E-state index < -0.39 is 18.9 Å². The minimum Gasteiger partial charge on any atom is -0.379 e. The third-order valence-corrected chi connectivity index (χ3v) is 9.38. The van der Waals surface area contributed by atoms with Crippen LogP contribution in [0.15, 0.2) is 0 Å². The monoisotopic (exact) mass is 698 g/mol. The van der Waals surface area contributed by atoms with Gasteiger partial charge in [0.25, 0.3) is 10.1 Å². The van der Waals surface area contributed by atoms with E-state index in [1.807, 2.05) is 0 Å². The fraction of sp³-hybridized carbons (Fsp3) is 1.00. The first-order valence-corrected chi connectivity index (χ1v) is 18.8. The number of rotatable bonds is 38. The van der Waals surface area contributed by atoms with Gasteiger partial charge in [0, 0.05) is 40.6 Å². The van der Waals surface area contributed by atoms with Gasteiger partial charge >= 0.3 is 8.80 Å². The first-order chi connectivity index (χ1) is 21.9. The van der Waals surface area contributed by atoms with E-state index in [9.17, 15) is 8.42 Å². The van der Waals surface area contributed by atoms with Crippen molar-refractivity contribution in [3.05, 3.63) is 0 Å². The summed E-state index contributed by atoms with van der Waals surface area (Å²) in [5.41, 5.74) is 0. The first-order valence-electron chi connectivity index (χ1n) is 15.3. The van der Waals surface area contributed by atoms with Crippen molar-refractivity contribution in [3.8, 4) is 0 Å². The molecule has 45 heavy (non-hydrogen) atoms. The molecule has 0 aromatic heterocycles. The van der Waals surface area contributed by atoms with E-state index in [1.54, 1.807) is 21.3 Å². The molecule has 0 aliphatic carbocycles. The maximum Gasteiger partial charge on any atom is 0.500 e. The summed E-state index contributed by atoms with van der Waals surface area (Å²) in [4.78, 5) is 0. The van der Waals surface area contributed by atoms with E-state index in [0.29, 0.717) is 132 Å². The van der Waals surface area contributed by atoms with Crippen molar-refractivity contribution < 1.29 is 73.6 Å². The lowest BCUT2D eigenvalue weighted by atomic mass is 10.5. The summed E-state index contributed by atoms with van der Waals surface area (Å²) in [6.45, 7) is 9.26. The normalized spacial score (nSPS) is 12.4. The van der Waals surface area contributed by atoms with E-state index >= 15 is 0 Å². The molecule has 0 aliphatic heterocycles. The zero-order valence-electron chi connectivity index (χ0n) is 27.4. The second-order valence-electron chi connectivity index (χ2n) is 9.16. The SMILES string of the molecule is CO[Si](CCCOCCOCCOCCOCCOCCOCCOCCOCCOCCOCCCS(=O)(=O)O)(OC)OC. The maximum atomic E-state index is 10.6. The van der Waals surface area contributed by atoms with Gasteiger partial charge in [0.2, 0.25) is 0 Å². The van der Waals surface area contributed by atoms with Gasteiger partial charge in [-0.15, -0.1) is 0 Å². The molecule has 0 heterocycles. The number of hydrogen-bond acceptors (Lipinski definition) is 15. The second kappa shape index (κ2) is 33.5. The Labute approximate surface area is 270 Å². The molecule has 0 saturated heterocycles. The van der Waals surface area contributed by atoms with Crippen molar-refractivity contribution in [2.45, 2.75) is 18.9 Å². The molecule has 0 amide bonds. The van der Waals surface area contributed by atoms with Gasteiger partial charge in [0.1, 0.15) is 0 Å². The smallest absolute Gasteiger partial charge is 0.379 e. The van der Waals surface area contributed by atoms with Crippen LogP contribution in [0.2, 0.25) is 6.04 Å². The zero-order chi connectivity index (χ0) is 33.2. The Hall–Kier alpha value is -0.393. The Bertz CT molecular complexity index is 694. The molecule has 18 heteroatoms. The second-order valence-corrected chi connectivity index (χ2v) is 13.8. The minimum absolute atomic E-state index is 0.246. The van der Waals surface area contributed by atoms with Crippen LogP contribution < -0.4 is 0 Å². The van der Waals surface area contributed by atoms with Crippen LogP contribution in [0.4, 0.5) is 0 Å². The predicted octanol–water partition coefficient (Wildman–Crippen LogP) is 0.699. The Balaban J connectivity index is 3.14. The molecule has 16 nitrogen and oxygen atoms in total. The summed E-state index contributed by atoms with van der Waals surface area (Å²) < 4.78 is 100. The van der Waals surface area contributed by atoms with E-state index in [-0.39, 0.29) is 18.8 Å². The molecule has 272 valence electrons. The lowest BCUT2D eigenvalue weighted by Crippen LogP contribution is -2.42. The highest BCUT2D eigenvalue weighted by Gasteiger charge is 2.36. The fourth-order valence-electron chi connectivity index (χ4n) is 3.37. The van der Waals surface area contributed by atoms with Gasteiger partial charge in [-0.3, -0.25) is 4.55 Å². The molecule has 0 fully saturated rings. The van der Waals surface area contributed by atoms with Crippen LogP contribution in [0.3, 0.4) is 0 Å². The van der Waals surface area contributed by atoms with E-state index in [0.717, 1.165) is 6.42 Å². The largest absolute Gasteiger partial charge is 0.500 e. The highest BCUT2D eigenvalue weighted by Crippen LogP contribution is 2.14. The van der Waals surface area contributed by atoms with Crippen LogP contribution >= 0.6 is 0 Å². The van der Waals surface area contributed by atoms with E-state index in [4.69, 9.17) is 65.2 Å². The summed E-state index contributed by atoms with van der Waals surface area (Å²) in [6.07, 6.45) is 1.04. The van der Waals surface area contributed by atoms with Gasteiger partial charge in [-0.1, -0.05) is 0 Å². The first kappa shape index (κ1) is 44.6. The molecule has 0 atom stereocenters. The minimum atomic E-state index is -3.92. The fourth-order valence-corrected chi connectivity index (χ4v) is 5.54. The van der Waals surface area contributed by atoms with Gasteiger partial charge in [-0.25, -0.2) is 0 Å². The van der Waals surface area contributed by atoms with Crippen LogP contribution in [0.25, 0.3) is 0 Å². The molecule has 0 radical (unpaired) electrons. The molecule has 0 spiro atoms. The molecule has 0 bridgehead atoms. The Morgan fingerprint density at radius 3 is 0.844 bits per heavy atom. The Morgan fingerprint density at radius 1 is 0.400 bits per heavy atom. The molecule has 0 aromatic carbocycles. The third-order valence-electron chi connectivity index (χ3n) is 5.74. The number of ether oxygens (including phenoxy) is 10. The topological polar surface area (TPSA) is 174 Å². The van der Waals surface area contributed by atoms with Crippen LogP contribution in [-0.4, -0.2) is 181 Å². The van der Waals surface area contributed by atoms with E-state index in [1.165, 1.54) is 0 Å². The molecule has 0 saturated carbocycles. The molecular formula is C27H58O16SSi. The van der Waals surface area contributed by atoms with Crippen molar-refractivity contribution in [2.24, 2.45) is 0 Å². The van der Waals surface area contributed by atoms with Gasteiger partial charge in [0.05, 0.1) is 125 Å². The van der Waals surface area contributed by atoms with Crippen molar-refractivity contribution in [3.63, 3.8) is 0 Å². The van der Waals surface area contributed by atoms with Crippen LogP contribution in [0, 0.1) is 0 Å². The molecule has 0 aliphatic rings. The van der Waals surface area contributed by atoms with Crippen molar-refractivity contribution in [2.75, 3.05) is 159 Å². The van der Waals surface area contributed by atoms with Gasteiger partial charge in [0.15, 0.2) is 0 Å². The van der Waals surface area contributed by atoms with Gasteiger partial charge in [-0.05, 0) is 12.8 Å². The average molecular weight is 699 g/mol. The Morgan fingerprint density at radius 2 is 0.622 bits per heavy atom. The Kier molecular flexibility index (Phi) is 33.2. The highest BCUT2D eigenvalue weighted by atomic mass is 32.2. The van der Waals surface area contributed by atoms with Crippen LogP contribution in [0.5, 0.6) is 0 Å². The maximum absolute atomic E-state index is 10.6. The van der Waals surface area contributed by atoms with Crippen molar-refractivity contribution in [1.29, 1.82) is 0 Å². The average Bonchev–Trinajstić information content (AvgIpc) is 3.03.